The van der Waals surface area contributed by atoms with E-state index in [1.165, 1.54) is 6.08 Å². The highest BCUT2D eigenvalue weighted by Crippen LogP contribution is 2.29. The zero-order chi connectivity index (χ0) is 27.1. The van der Waals surface area contributed by atoms with Crippen LogP contribution in [0.1, 0.15) is 24.8 Å². The SMILES string of the molecule is COc1ccc2nccc(OC[C@@H]3CC[C@@H](NC(=O)/C=C/c4cc(F)ccc4F)[C@@H](CC(O)CO)O3)c2c1. The first-order valence-electron chi connectivity index (χ1n) is 12.3. The van der Waals surface area contributed by atoms with Crippen LogP contribution in [0.15, 0.2) is 54.7 Å². The zero-order valence-corrected chi connectivity index (χ0v) is 20.8. The first-order chi connectivity index (χ1) is 18.4. The van der Waals surface area contributed by atoms with Gasteiger partial charge in [-0.15, -0.1) is 0 Å². The van der Waals surface area contributed by atoms with Gasteiger partial charge in [0.2, 0.25) is 5.91 Å². The van der Waals surface area contributed by atoms with Crippen LogP contribution >= 0.6 is 0 Å². The molecule has 1 aliphatic heterocycles. The number of aliphatic hydroxyl groups is 2. The average molecular weight is 529 g/mol. The van der Waals surface area contributed by atoms with Gasteiger partial charge in [0.25, 0.3) is 0 Å². The predicted octanol–water partition coefficient (Wildman–Crippen LogP) is 3.39. The zero-order valence-electron chi connectivity index (χ0n) is 20.8. The van der Waals surface area contributed by atoms with Gasteiger partial charge in [0.05, 0.1) is 43.6 Å². The van der Waals surface area contributed by atoms with Gasteiger partial charge in [-0.25, -0.2) is 8.78 Å². The summed E-state index contributed by atoms with van der Waals surface area (Å²) >= 11 is 0. The maximum absolute atomic E-state index is 13.8. The molecule has 8 nitrogen and oxygen atoms in total. The van der Waals surface area contributed by atoms with Crippen molar-refractivity contribution in [3.63, 3.8) is 0 Å². The number of ether oxygens (including phenoxy) is 3. The van der Waals surface area contributed by atoms with Crippen LogP contribution in [0.5, 0.6) is 11.5 Å². The summed E-state index contributed by atoms with van der Waals surface area (Å²) in [5.41, 5.74) is 0.705. The smallest absolute Gasteiger partial charge is 0.244 e. The molecule has 10 heteroatoms. The van der Waals surface area contributed by atoms with Gasteiger partial charge in [-0.3, -0.25) is 9.78 Å². The number of pyridine rings is 1. The molecule has 0 spiro atoms. The molecule has 3 N–H and O–H groups in total. The number of rotatable bonds is 10. The van der Waals surface area contributed by atoms with E-state index in [1.807, 2.05) is 18.2 Å². The molecule has 0 radical (unpaired) electrons. The summed E-state index contributed by atoms with van der Waals surface area (Å²) in [6, 6.07) is 9.78. The molecule has 4 rings (SSSR count). The van der Waals surface area contributed by atoms with E-state index in [0.29, 0.717) is 24.3 Å². The predicted molar refractivity (Wildman–Crippen MR) is 137 cm³/mol. The molecule has 0 saturated carbocycles. The first kappa shape index (κ1) is 27.4. The third-order valence-corrected chi connectivity index (χ3v) is 6.36. The molecular formula is C28H30F2N2O6. The fraction of sp³-hybridized carbons (Fsp3) is 0.357. The van der Waals surface area contributed by atoms with Crippen molar-refractivity contribution in [3.8, 4) is 11.5 Å². The number of nitrogens with one attached hydrogen (secondary N) is 1. The van der Waals surface area contributed by atoms with E-state index >= 15 is 0 Å². The lowest BCUT2D eigenvalue weighted by atomic mass is 9.94. The molecule has 1 unspecified atom stereocenters. The maximum atomic E-state index is 13.8. The number of hydrogen-bond donors (Lipinski definition) is 3. The van der Waals surface area contributed by atoms with Crippen LogP contribution in [0.2, 0.25) is 0 Å². The van der Waals surface area contributed by atoms with E-state index in [9.17, 15) is 23.8 Å². The number of hydrogen-bond acceptors (Lipinski definition) is 7. The molecule has 202 valence electrons. The number of nitrogens with zero attached hydrogens (tertiary/aromatic N) is 1. The van der Waals surface area contributed by atoms with E-state index in [1.54, 1.807) is 19.4 Å². The number of aliphatic hydroxyl groups excluding tert-OH is 2. The molecule has 2 heterocycles. The summed E-state index contributed by atoms with van der Waals surface area (Å²) in [6.45, 7) is -0.229. The number of methoxy groups -OCH3 is 1. The maximum Gasteiger partial charge on any atom is 0.244 e. The fourth-order valence-electron chi connectivity index (χ4n) is 4.39. The minimum atomic E-state index is -1.03. The standard InChI is InChI=1S/C28H30F2N2O6/c1-36-20-4-7-24-22(14-20)26(10-11-31-24)37-16-21-5-8-25(27(38-21)13-19(34)15-33)32-28(35)9-2-17-12-18(29)3-6-23(17)30/h2-4,6-7,9-12,14,19,21,25,27,33-34H,5,8,13,15-16H2,1H3,(H,32,35)/b9-2+/t19?,21-,25+,27+/m0/s1. The van der Waals surface area contributed by atoms with Crippen LogP contribution in [0.25, 0.3) is 17.0 Å². The number of benzene rings is 2. The van der Waals surface area contributed by atoms with Gasteiger partial charge >= 0.3 is 0 Å². The molecule has 1 amide bonds. The van der Waals surface area contributed by atoms with Gasteiger partial charge in [0.1, 0.15) is 29.7 Å². The summed E-state index contributed by atoms with van der Waals surface area (Å²) in [4.78, 5) is 16.9. The third-order valence-electron chi connectivity index (χ3n) is 6.36. The second kappa shape index (κ2) is 12.8. The number of fused-ring (bicyclic) bond motifs is 1. The number of carbonyl (C=O) groups is 1. The average Bonchev–Trinajstić information content (AvgIpc) is 2.93. The van der Waals surface area contributed by atoms with E-state index < -0.39 is 42.4 Å². The molecule has 1 saturated heterocycles. The first-order valence-corrected chi connectivity index (χ1v) is 12.3. The van der Waals surface area contributed by atoms with Gasteiger partial charge in [-0.1, -0.05) is 0 Å². The van der Waals surface area contributed by atoms with Crippen molar-refractivity contribution in [1.29, 1.82) is 0 Å². The summed E-state index contributed by atoms with van der Waals surface area (Å²) in [6.07, 6.45) is 3.18. The second-order valence-electron chi connectivity index (χ2n) is 9.06. The Morgan fingerprint density at radius 1 is 1.24 bits per heavy atom. The Kier molecular flexibility index (Phi) is 9.22. The van der Waals surface area contributed by atoms with Crippen LogP contribution in [0.3, 0.4) is 0 Å². The van der Waals surface area contributed by atoms with Gasteiger partial charge in [0, 0.05) is 29.6 Å². The van der Waals surface area contributed by atoms with Crippen LogP contribution in [-0.4, -0.2) is 65.8 Å². The molecule has 2 aromatic carbocycles. The summed E-state index contributed by atoms with van der Waals surface area (Å²) in [5, 5.41) is 23.0. The van der Waals surface area contributed by atoms with Crippen molar-refractivity contribution < 1.29 is 38.0 Å². The molecule has 4 atom stereocenters. The lowest BCUT2D eigenvalue weighted by molar-refractivity contribution is -0.126. The van der Waals surface area contributed by atoms with E-state index in [4.69, 9.17) is 14.2 Å². The van der Waals surface area contributed by atoms with Crippen molar-refractivity contribution in [3.05, 3.63) is 71.9 Å². The number of carbonyl (C=O) groups excluding carboxylic acids is 1. The molecule has 1 aliphatic rings. The lowest BCUT2D eigenvalue weighted by Gasteiger charge is -2.37. The van der Waals surface area contributed by atoms with Crippen molar-refractivity contribution in [2.45, 2.75) is 43.6 Å². The van der Waals surface area contributed by atoms with Crippen LogP contribution in [0, 0.1) is 11.6 Å². The summed E-state index contributed by atoms with van der Waals surface area (Å²) in [7, 11) is 1.58. The van der Waals surface area contributed by atoms with Crippen LogP contribution in [-0.2, 0) is 9.53 Å². The molecule has 3 aromatic rings. The minimum Gasteiger partial charge on any atom is -0.497 e. The monoisotopic (exact) mass is 528 g/mol. The summed E-state index contributed by atoms with van der Waals surface area (Å²) < 4.78 is 44.8. The topological polar surface area (TPSA) is 110 Å². The third kappa shape index (κ3) is 7.03. The van der Waals surface area contributed by atoms with Gasteiger partial charge in [0.15, 0.2) is 0 Å². The number of halogens is 2. The van der Waals surface area contributed by atoms with Gasteiger partial charge < -0.3 is 29.7 Å². The highest BCUT2D eigenvalue weighted by molar-refractivity contribution is 5.92. The molecular weight excluding hydrogens is 498 g/mol. The molecule has 0 bridgehead atoms. The largest absolute Gasteiger partial charge is 0.497 e. The Balaban J connectivity index is 1.40. The highest BCUT2D eigenvalue weighted by atomic mass is 19.1. The Hall–Kier alpha value is -3.60. The van der Waals surface area contributed by atoms with Crippen molar-refractivity contribution in [2.24, 2.45) is 0 Å². The minimum absolute atomic E-state index is 0.0502. The van der Waals surface area contributed by atoms with E-state index in [-0.39, 0.29) is 24.7 Å². The molecule has 1 aromatic heterocycles. The molecule has 0 aliphatic carbocycles. The van der Waals surface area contributed by atoms with E-state index in [2.05, 4.69) is 10.3 Å². The highest BCUT2D eigenvalue weighted by Gasteiger charge is 2.33. The number of amides is 1. The normalized spacial score (nSPS) is 20.4. The van der Waals surface area contributed by atoms with Crippen molar-refractivity contribution in [2.75, 3.05) is 20.3 Å². The van der Waals surface area contributed by atoms with Crippen LogP contribution < -0.4 is 14.8 Å². The van der Waals surface area contributed by atoms with Crippen molar-refractivity contribution in [1.82, 2.24) is 10.3 Å². The Bertz CT molecular complexity index is 1290. The Labute approximate surface area is 218 Å². The van der Waals surface area contributed by atoms with Gasteiger partial charge in [-0.2, -0.15) is 0 Å². The molecule has 1 fully saturated rings. The quantitative estimate of drug-likeness (QED) is 0.346. The molecule has 38 heavy (non-hydrogen) atoms. The second-order valence-corrected chi connectivity index (χ2v) is 9.06. The van der Waals surface area contributed by atoms with Gasteiger partial charge in [-0.05, 0) is 61.4 Å². The number of aromatic nitrogens is 1. The Morgan fingerprint density at radius 3 is 2.87 bits per heavy atom. The Morgan fingerprint density at radius 2 is 2.08 bits per heavy atom. The summed E-state index contributed by atoms with van der Waals surface area (Å²) in [5.74, 6) is -0.483. The van der Waals surface area contributed by atoms with Crippen molar-refractivity contribution >= 4 is 22.9 Å². The fourth-order valence-corrected chi connectivity index (χ4v) is 4.39. The van der Waals surface area contributed by atoms with Crippen LogP contribution in [0.4, 0.5) is 8.78 Å². The lowest BCUT2D eigenvalue weighted by Crippen LogP contribution is -2.51. The van der Waals surface area contributed by atoms with E-state index in [0.717, 1.165) is 35.2 Å².